The third-order valence-corrected chi connectivity index (χ3v) is 3.05. The number of ether oxygens (including phenoxy) is 1. The molecule has 0 saturated carbocycles. The topological polar surface area (TPSA) is 94.3 Å². The Morgan fingerprint density at radius 2 is 1.96 bits per heavy atom. The van der Waals surface area contributed by atoms with Gasteiger partial charge < -0.3 is 15.8 Å². The molecule has 24 heavy (non-hydrogen) atoms. The number of hydrogen-bond donors (Lipinski definition) is 2. The zero-order valence-corrected chi connectivity index (χ0v) is 14.0. The predicted octanol–water partition coefficient (Wildman–Crippen LogP) is 3.35. The standard InChI is InChI=1S/C18H21N3O3/c1-18(2,3)10-15(22)21-13-7-8-16(20-11-13)24-14-6-4-5-12(9-14)17(19)23/h4-9,11H,10H2,1-3H3,(H2,19,23)(H,21,22). The Morgan fingerprint density at radius 3 is 2.54 bits per heavy atom. The van der Waals surface area contributed by atoms with E-state index in [4.69, 9.17) is 10.5 Å². The van der Waals surface area contributed by atoms with Crippen LogP contribution < -0.4 is 15.8 Å². The van der Waals surface area contributed by atoms with E-state index in [1.165, 1.54) is 6.20 Å². The third kappa shape index (κ3) is 5.39. The van der Waals surface area contributed by atoms with Crippen molar-refractivity contribution < 1.29 is 14.3 Å². The maximum atomic E-state index is 11.9. The molecule has 2 amide bonds. The van der Waals surface area contributed by atoms with E-state index in [0.29, 0.717) is 29.3 Å². The van der Waals surface area contributed by atoms with Crippen LogP contribution in [-0.4, -0.2) is 16.8 Å². The predicted molar refractivity (Wildman–Crippen MR) is 92.0 cm³/mol. The van der Waals surface area contributed by atoms with Gasteiger partial charge in [-0.2, -0.15) is 0 Å². The molecule has 0 unspecified atom stereocenters. The van der Waals surface area contributed by atoms with E-state index in [1.54, 1.807) is 36.4 Å². The van der Waals surface area contributed by atoms with Crippen LogP contribution >= 0.6 is 0 Å². The van der Waals surface area contributed by atoms with Crippen molar-refractivity contribution in [2.24, 2.45) is 11.1 Å². The summed E-state index contributed by atoms with van der Waals surface area (Å²) in [4.78, 5) is 27.2. The van der Waals surface area contributed by atoms with Crippen molar-refractivity contribution in [2.75, 3.05) is 5.32 Å². The van der Waals surface area contributed by atoms with Gasteiger partial charge in [-0.15, -0.1) is 0 Å². The van der Waals surface area contributed by atoms with Gasteiger partial charge in [-0.3, -0.25) is 9.59 Å². The molecule has 1 aromatic carbocycles. The van der Waals surface area contributed by atoms with Gasteiger partial charge in [0.15, 0.2) is 0 Å². The minimum atomic E-state index is -0.523. The quantitative estimate of drug-likeness (QED) is 0.880. The number of amides is 2. The second kappa shape index (κ2) is 7.12. The van der Waals surface area contributed by atoms with Crippen molar-refractivity contribution in [3.05, 3.63) is 48.2 Å². The highest BCUT2D eigenvalue weighted by molar-refractivity contribution is 5.93. The number of pyridine rings is 1. The van der Waals surface area contributed by atoms with E-state index < -0.39 is 5.91 Å². The van der Waals surface area contributed by atoms with Crippen LogP contribution in [0.3, 0.4) is 0 Å². The first-order chi connectivity index (χ1) is 11.2. The van der Waals surface area contributed by atoms with Crippen LogP contribution in [-0.2, 0) is 4.79 Å². The highest BCUT2D eigenvalue weighted by Gasteiger charge is 2.16. The average Bonchev–Trinajstić information content (AvgIpc) is 2.47. The number of hydrogen-bond acceptors (Lipinski definition) is 4. The van der Waals surface area contributed by atoms with Gasteiger partial charge in [-0.1, -0.05) is 26.8 Å². The van der Waals surface area contributed by atoms with Crippen molar-refractivity contribution in [3.8, 4) is 11.6 Å². The van der Waals surface area contributed by atoms with Gasteiger partial charge in [0, 0.05) is 18.1 Å². The summed E-state index contributed by atoms with van der Waals surface area (Å²) < 4.78 is 5.58. The van der Waals surface area contributed by atoms with Crippen molar-refractivity contribution in [3.63, 3.8) is 0 Å². The van der Waals surface area contributed by atoms with Gasteiger partial charge in [-0.25, -0.2) is 4.98 Å². The Bertz CT molecular complexity index is 734. The summed E-state index contributed by atoms with van der Waals surface area (Å²) >= 11 is 0. The van der Waals surface area contributed by atoms with E-state index in [1.807, 2.05) is 20.8 Å². The number of aromatic nitrogens is 1. The second-order valence-electron chi connectivity index (χ2n) is 6.66. The molecule has 1 aromatic heterocycles. The number of anilines is 1. The molecule has 0 atom stereocenters. The molecule has 126 valence electrons. The van der Waals surface area contributed by atoms with E-state index in [0.717, 1.165) is 0 Å². The van der Waals surface area contributed by atoms with Crippen LogP contribution in [0.2, 0.25) is 0 Å². The number of carbonyl (C=O) groups excluding carboxylic acids is 2. The maximum Gasteiger partial charge on any atom is 0.248 e. The molecule has 2 rings (SSSR count). The monoisotopic (exact) mass is 327 g/mol. The van der Waals surface area contributed by atoms with Crippen LogP contribution in [0.4, 0.5) is 5.69 Å². The first-order valence-electron chi connectivity index (χ1n) is 7.56. The molecule has 0 saturated heterocycles. The van der Waals surface area contributed by atoms with Crippen molar-refractivity contribution >= 4 is 17.5 Å². The van der Waals surface area contributed by atoms with E-state index in [-0.39, 0.29) is 11.3 Å². The molecule has 0 aliphatic heterocycles. The summed E-state index contributed by atoms with van der Waals surface area (Å²) in [6.07, 6.45) is 1.94. The number of nitrogens with zero attached hydrogens (tertiary/aromatic N) is 1. The van der Waals surface area contributed by atoms with Crippen LogP contribution in [0, 0.1) is 5.41 Å². The maximum absolute atomic E-state index is 11.9. The lowest BCUT2D eigenvalue weighted by atomic mass is 9.92. The lowest BCUT2D eigenvalue weighted by Gasteiger charge is -2.17. The molecule has 0 aliphatic carbocycles. The summed E-state index contributed by atoms with van der Waals surface area (Å²) in [5, 5.41) is 2.80. The smallest absolute Gasteiger partial charge is 0.248 e. The van der Waals surface area contributed by atoms with Gasteiger partial charge >= 0.3 is 0 Å². The fraction of sp³-hybridized carbons (Fsp3) is 0.278. The Balaban J connectivity index is 2.01. The van der Waals surface area contributed by atoms with E-state index in [2.05, 4.69) is 10.3 Å². The Labute approximate surface area is 141 Å². The Kier molecular flexibility index (Phi) is 5.18. The molecule has 6 heteroatoms. The molecular weight excluding hydrogens is 306 g/mol. The van der Waals surface area contributed by atoms with Gasteiger partial charge in [0.05, 0.1) is 11.9 Å². The van der Waals surface area contributed by atoms with Crippen LogP contribution in [0.15, 0.2) is 42.6 Å². The van der Waals surface area contributed by atoms with Crippen molar-refractivity contribution in [2.45, 2.75) is 27.2 Å². The third-order valence-electron chi connectivity index (χ3n) is 3.05. The van der Waals surface area contributed by atoms with Gasteiger partial charge in [0.25, 0.3) is 0 Å². The lowest BCUT2D eigenvalue weighted by Crippen LogP contribution is -2.19. The second-order valence-corrected chi connectivity index (χ2v) is 6.66. The number of nitrogens with two attached hydrogens (primary N) is 1. The summed E-state index contributed by atoms with van der Waals surface area (Å²) in [6.45, 7) is 6.01. The van der Waals surface area contributed by atoms with Crippen LogP contribution in [0.1, 0.15) is 37.6 Å². The molecular formula is C18H21N3O3. The molecule has 0 fully saturated rings. The molecule has 1 heterocycles. The van der Waals surface area contributed by atoms with Crippen LogP contribution in [0.5, 0.6) is 11.6 Å². The van der Waals surface area contributed by atoms with Crippen LogP contribution in [0.25, 0.3) is 0 Å². The number of rotatable bonds is 5. The fourth-order valence-electron chi connectivity index (χ4n) is 2.04. The number of benzene rings is 1. The van der Waals surface area contributed by atoms with Crippen molar-refractivity contribution in [1.82, 2.24) is 4.98 Å². The van der Waals surface area contributed by atoms with Gasteiger partial charge in [0.1, 0.15) is 5.75 Å². The van der Waals surface area contributed by atoms with Gasteiger partial charge in [0.2, 0.25) is 17.7 Å². The molecule has 0 bridgehead atoms. The number of nitrogens with one attached hydrogen (secondary N) is 1. The zero-order valence-electron chi connectivity index (χ0n) is 14.0. The lowest BCUT2D eigenvalue weighted by molar-refractivity contribution is -0.117. The first kappa shape index (κ1) is 17.5. The molecule has 0 aliphatic rings. The Hall–Kier alpha value is -2.89. The normalized spacial score (nSPS) is 11.0. The SMILES string of the molecule is CC(C)(C)CC(=O)Nc1ccc(Oc2cccc(C(N)=O)c2)nc1. The minimum absolute atomic E-state index is 0.0628. The molecule has 3 N–H and O–H groups in total. The molecule has 0 spiro atoms. The number of carbonyl (C=O) groups is 2. The fourth-order valence-corrected chi connectivity index (χ4v) is 2.04. The summed E-state index contributed by atoms with van der Waals surface area (Å²) in [5.41, 5.74) is 6.12. The average molecular weight is 327 g/mol. The van der Waals surface area contributed by atoms with Gasteiger partial charge in [-0.05, 0) is 29.7 Å². The van der Waals surface area contributed by atoms with E-state index in [9.17, 15) is 9.59 Å². The summed E-state index contributed by atoms with van der Waals surface area (Å²) in [7, 11) is 0. The number of primary amides is 1. The molecule has 2 aromatic rings. The minimum Gasteiger partial charge on any atom is -0.439 e. The van der Waals surface area contributed by atoms with Crippen molar-refractivity contribution in [1.29, 1.82) is 0 Å². The zero-order chi connectivity index (χ0) is 17.7. The highest BCUT2D eigenvalue weighted by Crippen LogP contribution is 2.22. The largest absolute Gasteiger partial charge is 0.439 e. The first-order valence-corrected chi connectivity index (χ1v) is 7.56. The molecule has 6 nitrogen and oxygen atoms in total. The Morgan fingerprint density at radius 1 is 1.21 bits per heavy atom. The van der Waals surface area contributed by atoms with E-state index >= 15 is 0 Å². The summed E-state index contributed by atoms with van der Waals surface area (Å²) in [5.74, 6) is 0.228. The summed E-state index contributed by atoms with van der Waals surface area (Å²) in [6, 6.07) is 9.88. The molecule has 0 radical (unpaired) electrons. The highest BCUT2D eigenvalue weighted by atomic mass is 16.5.